The lowest BCUT2D eigenvalue weighted by molar-refractivity contribution is -0.136. The van der Waals surface area contributed by atoms with Gasteiger partial charge in [0.2, 0.25) is 0 Å². The van der Waals surface area contributed by atoms with Crippen molar-refractivity contribution in [2.45, 2.75) is 31.1 Å². The van der Waals surface area contributed by atoms with Crippen LogP contribution >= 0.6 is 0 Å². The van der Waals surface area contributed by atoms with E-state index >= 15 is 0 Å². The van der Waals surface area contributed by atoms with Crippen molar-refractivity contribution in [3.8, 4) is 5.75 Å². The summed E-state index contributed by atoms with van der Waals surface area (Å²) in [7, 11) is -2.20. The van der Waals surface area contributed by atoms with Crippen molar-refractivity contribution in [2.75, 3.05) is 11.8 Å². The summed E-state index contributed by atoms with van der Waals surface area (Å²) >= 11 is 0. The van der Waals surface area contributed by atoms with E-state index in [0.29, 0.717) is 17.0 Å². The van der Waals surface area contributed by atoms with Gasteiger partial charge < -0.3 is 9.84 Å². The molecule has 0 unspecified atom stereocenters. The maximum absolute atomic E-state index is 12.6. The van der Waals surface area contributed by atoms with Gasteiger partial charge in [-0.15, -0.1) is 0 Å². The molecular formula is C18H21NO5S. The van der Waals surface area contributed by atoms with E-state index in [0.717, 1.165) is 5.56 Å². The highest BCUT2D eigenvalue weighted by atomic mass is 32.2. The molecule has 0 saturated carbocycles. The first-order valence-electron chi connectivity index (χ1n) is 7.74. The molecule has 2 aromatic rings. The predicted molar refractivity (Wildman–Crippen MR) is 95.7 cm³/mol. The first kappa shape index (κ1) is 18.8. The van der Waals surface area contributed by atoms with E-state index in [4.69, 9.17) is 9.84 Å². The summed E-state index contributed by atoms with van der Waals surface area (Å²) < 4.78 is 33.0. The van der Waals surface area contributed by atoms with Crippen LogP contribution in [-0.2, 0) is 21.2 Å². The lowest BCUT2D eigenvalue weighted by atomic mass is 10.0. The molecule has 0 saturated heterocycles. The minimum absolute atomic E-state index is 0.108. The summed E-state index contributed by atoms with van der Waals surface area (Å²) in [6.07, 6.45) is -0.108. The molecule has 0 spiro atoms. The number of anilines is 1. The van der Waals surface area contributed by atoms with Crippen molar-refractivity contribution < 1.29 is 23.1 Å². The van der Waals surface area contributed by atoms with Crippen molar-refractivity contribution in [2.24, 2.45) is 0 Å². The van der Waals surface area contributed by atoms with Gasteiger partial charge in [-0.1, -0.05) is 26.0 Å². The standard InChI is InChI=1S/C18H21NO5S/c1-12(2)16-11-15(8-9-17(16)24-3)25(22,23)19-14-6-4-13(5-7-14)10-18(20)21/h4-9,11-12,19H,10H2,1-3H3,(H,20,21). The van der Waals surface area contributed by atoms with Crippen LogP contribution in [0.1, 0.15) is 30.9 Å². The van der Waals surface area contributed by atoms with Crippen molar-refractivity contribution in [1.29, 1.82) is 0 Å². The number of carboxylic acid groups (broad SMARTS) is 1. The molecule has 0 bridgehead atoms. The van der Waals surface area contributed by atoms with E-state index in [1.54, 1.807) is 43.5 Å². The molecule has 6 nitrogen and oxygen atoms in total. The molecular weight excluding hydrogens is 342 g/mol. The Kier molecular flexibility index (Phi) is 5.69. The summed E-state index contributed by atoms with van der Waals surface area (Å²) in [5, 5.41) is 8.76. The molecule has 2 rings (SSSR count). The van der Waals surface area contributed by atoms with Crippen LogP contribution in [0, 0.1) is 0 Å². The maximum atomic E-state index is 12.6. The average molecular weight is 363 g/mol. The Morgan fingerprint density at radius 3 is 2.32 bits per heavy atom. The highest BCUT2D eigenvalue weighted by molar-refractivity contribution is 7.92. The van der Waals surface area contributed by atoms with Gasteiger partial charge in [-0.25, -0.2) is 8.42 Å². The number of aliphatic carboxylic acids is 1. The number of methoxy groups -OCH3 is 1. The zero-order valence-electron chi connectivity index (χ0n) is 14.3. The van der Waals surface area contributed by atoms with Crippen LogP contribution in [0.15, 0.2) is 47.4 Å². The Morgan fingerprint density at radius 2 is 1.80 bits per heavy atom. The lowest BCUT2D eigenvalue weighted by Crippen LogP contribution is -2.13. The highest BCUT2D eigenvalue weighted by Gasteiger charge is 2.18. The van der Waals surface area contributed by atoms with Gasteiger partial charge in [0.1, 0.15) is 5.75 Å². The summed E-state index contributed by atoms with van der Waals surface area (Å²) in [5.41, 5.74) is 1.78. The fourth-order valence-electron chi connectivity index (χ4n) is 2.41. The number of sulfonamides is 1. The van der Waals surface area contributed by atoms with Crippen LogP contribution in [0.25, 0.3) is 0 Å². The molecule has 0 aromatic heterocycles. The van der Waals surface area contributed by atoms with Crippen LogP contribution in [0.5, 0.6) is 5.75 Å². The third-order valence-electron chi connectivity index (χ3n) is 3.69. The van der Waals surface area contributed by atoms with Gasteiger partial charge in [-0.05, 0) is 47.4 Å². The molecule has 0 heterocycles. The molecule has 7 heteroatoms. The van der Waals surface area contributed by atoms with Crippen LogP contribution in [0.3, 0.4) is 0 Å². The third kappa shape index (κ3) is 4.73. The molecule has 0 aliphatic carbocycles. The van der Waals surface area contributed by atoms with E-state index in [-0.39, 0.29) is 17.2 Å². The topological polar surface area (TPSA) is 92.7 Å². The lowest BCUT2D eigenvalue weighted by Gasteiger charge is -2.14. The minimum atomic E-state index is -3.75. The van der Waals surface area contributed by atoms with E-state index in [2.05, 4.69) is 4.72 Å². The monoisotopic (exact) mass is 363 g/mol. The van der Waals surface area contributed by atoms with Gasteiger partial charge in [0, 0.05) is 5.69 Å². The van der Waals surface area contributed by atoms with Gasteiger partial charge in [-0.3, -0.25) is 9.52 Å². The van der Waals surface area contributed by atoms with Crippen molar-refractivity contribution in [3.05, 3.63) is 53.6 Å². The number of carboxylic acids is 1. The Labute approximate surface area is 147 Å². The zero-order valence-corrected chi connectivity index (χ0v) is 15.1. The second kappa shape index (κ2) is 7.57. The van der Waals surface area contributed by atoms with Crippen molar-refractivity contribution in [1.82, 2.24) is 0 Å². The summed E-state index contributed by atoms with van der Waals surface area (Å²) in [4.78, 5) is 10.8. The molecule has 0 atom stereocenters. The van der Waals surface area contributed by atoms with Crippen LogP contribution in [0.4, 0.5) is 5.69 Å². The SMILES string of the molecule is COc1ccc(S(=O)(=O)Nc2ccc(CC(=O)O)cc2)cc1C(C)C. The van der Waals surface area contributed by atoms with Gasteiger partial charge in [0.25, 0.3) is 10.0 Å². The predicted octanol–water partition coefficient (Wildman–Crippen LogP) is 3.25. The third-order valence-corrected chi connectivity index (χ3v) is 5.07. The Morgan fingerprint density at radius 1 is 1.16 bits per heavy atom. The first-order chi connectivity index (χ1) is 11.7. The largest absolute Gasteiger partial charge is 0.496 e. The van der Waals surface area contributed by atoms with Crippen LogP contribution in [-0.4, -0.2) is 26.6 Å². The molecule has 25 heavy (non-hydrogen) atoms. The Bertz CT molecular complexity index is 858. The first-order valence-corrected chi connectivity index (χ1v) is 9.22. The second-order valence-corrected chi connectivity index (χ2v) is 7.61. The van der Waals surface area contributed by atoms with Gasteiger partial charge in [0.15, 0.2) is 0 Å². The fraction of sp³-hybridized carbons (Fsp3) is 0.278. The number of ether oxygens (including phenoxy) is 1. The van der Waals surface area contributed by atoms with Crippen molar-refractivity contribution >= 4 is 21.7 Å². The van der Waals surface area contributed by atoms with E-state index in [1.807, 2.05) is 13.8 Å². The molecule has 0 amide bonds. The maximum Gasteiger partial charge on any atom is 0.307 e. The molecule has 0 aliphatic rings. The fourth-order valence-corrected chi connectivity index (χ4v) is 3.50. The Hall–Kier alpha value is -2.54. The quantitative estimate of drug-likeness (QED) is 0.788. The number of rotatable bonds is 7. The number of hydrogen-bond acceptors (Lipinski definition) is 4. The molecule has 0 aliphatic heterocycles. The average Bonchev–Trinajstić information content (AvgIpc) is 2.55. The van der Waals surface area contributed by atoms with E-state index in [1.165, 1.54) is 6.07 Å². The smallest absolute Gasteiger partial charge is 0.307 e. The number of carbonyl (C=O) groups is 1. The normalized spacial score (nSPS) is 11.4. The van der Waals surface area contributed by atoms with Gasteiger partial charge >= 0.3 is 5.97 Å². The molecule has 134 valence electrons. The summed E-state index contributed by atoms with van der Waals surface area (Å²) in [6, 6.07) is 11.0. The Balaban J connectivity index is 2.27. The van der Waals surface area contributed by atoms with Crippen LogP contribution < -0.4 is 9.46 Å². The van der Waals surface area contributed by atoms with Gasteiger partial charge in [0.05, 0.1) is 18.4 Å². The molecule has 0 radical (unpaired) electrons. The van der Waals surface area contributed by atoms with E-state index < -0.39 is 16.0 Å². The molecule has 2 aromatic carbocycles. The minimum Gasteiger partial charge on any atom is -0.496 e. The molecule has 2 N–H and O–H groups in total. The molecule has 0 fully saturated rings. The summed E-state index contributed by atoms with van der Waals surface area (Å²) in [6.45, 7) is 3.92. The highest BCUT2D eigenvalue weighted by Crippen LogP contribution is 2.29. The number of hydrogen-bond donors (Lipinski definition) is 2. The zero-order chi connectivity index (χ0) is 18.6. The van der Waals surface area contributed by atoms with Crippen LogP contribution in [0.2, 0.25) is 0 Å². The second-order valence-electron chi connectivity index (χ2n) is 5.93. The van der Waals surface area contributed by atoms with Gasteiger partial charge in [-0.2, -0.15) is 0 Å². The number of benzene rings is 2. The van der Waals surface area contributed by atoms with E-state index in [9.17, 15) is 13.2 Å². The summed E-state index contributed by atoms with van der Waals surface area (Å²) in [5.74, 6) is -0.180. The van der Waals surface area contributed by atoms with Crippen molar-refractivity contribution in [3.63, 3.8) is 0 Å². The number of nitrogens with one attached hydrogen (secondary N) is 1.